The van der Waals surface area contributed by atoms with E-state index >= 15 is 0 Å². The number of methoxy groups -OCH3 is 1. The van der Waals surface area contributed by atoms with Crippen LogP contribution in [0.2, 0.25) is 5.02 Å². The molecule has 112 valence electrons. The number of anilines is 1. The molecule has 0 aliphatic rings. The first kappa shape index (κ1) is 15.0. The van der Waals surface area contributed by atoms with Crippen LogP contribution >= 0.6 is 11.6 Å². The number of nitrogens with two attached hydrogens (primary N) is 1. The molecule has 2 N–H and O–H groups in total. The van der Waals surface area contributed by atoms with Crippen LogP contribution in [-0.4, -0.2) is 40.2 Å². The highest BCUT2D eigenvalue weighted by molar-refractivity contribution is 6.32. The van der Waals surface area contributed by atoms with Gasteiger partial charge in [0.15, 0.2) is 11.5 Å². The lowest BCUT2D eigenvalue weighted by Gasteiger charge is -2.12. The van der Waals surface area contributed by atoms with E-state index in [4.69, 9.17) is 26.8 Å². The van der Waals surface area contributed by atoms with Crippen molar-refractivity contribution in [2.75, 3.05) is 19.5 Å². The van der Waals surface area contributed by atoms with E-state index < -0.39 is 0 Å². The SMILES string of the molecule is CCCOc1c(Cl)cc(C=Nn2nnnc2N)cc1OC. The molecule has 0 bridgehead atoms. The number of tetrazole rings is 1. The van der Waals surface area contributed by atoms with E-state index in [0.29, 0.717) is 28.7 Å². The Balaban J connectivity index is 2.27. The number of halogens is 1. The average molecular weight is 311 g/mol. The van der Waals surface area contributed by atoms with E-state index in [1.165, 1.54) is 6.21 Å². The summed E-state index contributed by atoms with van der Waals surface area (Å²) in [6.45, 7) is 2.57. The number of aromatic nitrogens is 4. The number of nitrogen functional groups attached to an aromatic ring is 1. The molecule has 0 aliphatic heterocycles. The summed E-state index contributed by atoms with van der Waals surface area (Å²) >= 11 is 6.20. The molecule has 0 atom stereocenters. The maximum Gasteiger partial charge on any atom is 0.263 e. The van der Waals surface area contributed by atoms with Gasteiger partial charge in [-0.15, -0.1) is 0 Å². The van der Waals surface area contributed by atoms with Gasteiger partial charge in [0.05, 0.1) is 25.0 Å². The Hall–Kier alpha value is -2.35. The topological polar surface area (TPSA) is 100 Å². The zero-order valence-electron chi connectivity index (χ0n) is 11.7. The predicted molar refractivity (Wildman–Crippen MR) is 79.0 cm³/mol. The summed E-state index contributed by atoms with van der Waals surface area (Å²) in [5.74, 6) is 1.13. The Labute approximate surface area is 126 Å². The van der Waals surface area contributed by atoms with Crippen LogP contribution in [0.25, 0.3) is 0 Å². The van der Waals surface area contributed by atoms with Gasteiger partial charge in [-0.25, -0.2) is 0 Å². The number of benzene rings is 1. The van der Waals surface area contributed by atoms with Crippen LogP contribution in [0.4, 0.5) is 5.95 Å². The van der Waals surface area contributed by atoms with E-state index in [9.17, 15) is 0 Å². The number of hydrogen-bond acceptors (Lipinski definition) is 7. The molecular weight excluding hydrogens is 296 g/mol. The number of nitrogens with zero attached hydrogens (tertiary/aromatic N) is 5. The van der Waals surface area contributed by atoms with Crippen LogP contribution < -0.4 is 15.2 Å². The molecule has 0 saturated heterocycles. The van der Waals surface area contributed by atoms with Gasteiger partial charge < -0.3 is 15.2 Å². The Morgan fingerprint density at radius 1 is 1.48 bits per heavy atom. The van der Waals surface area contributed by atoms with E-state index in [1.807, 2.05) is 6.92 Å². The summed E-state index contributed by atoms with van der Waals surface area (Å²) in [4.78, 5) is 1.10. The minimum atomic E-state index is 0.0900. The van der Waals surface area contributed by atoms with Crippen LogP contribution in [0.15, 0.2) is 17.2 Å². The molecule has 0 unspecified atom stereocenters. The first-order valence-corrected chi connectivity index (χ1v) is 6.62. The van der Waals surface area contributed by atoms with Crippen molar-refractivity contribution in [2.45, 2.75) is 13.3 Å². The number of rotatable bonds is 6. The van der Waals surface area contributed by atoms with Crippen molar-refractivity contribution in [3.05, 3.63) is 22.7 Å². The summed E-state index contributed by atoms with van der Waals surface area (Å²) in [6, 6.07) is 3.46. The third kappa shape index (κ3) is 3.60. The van der Waals surface area contributed by atoms with Gasteiger partial charge in [0.1, 0.15) is 0 Å². The molecule has 0 aliphatic carbocycles. The van der Waals surface area contributed by atoms with Gasteiger partial charge in [-0.2, -0.15) is 5.10 Å². The maximum atomic E-state index is 6.20. The molecule has 8 nitrogen and oxygen atoms in total. The fraction of sp³-hybridized carbons (Fsp3) is 0.333. The standard InChI is InChI=1S/C12H15ClN6O2/c1-3-4-21-11-9(13)5-8(6-10(11)20-2)7-15-19-12(14)16-17-18-19/h5-7H,3-4H2,1-2H3,(H2,14,16,18). The Morgan fingerprint density at radius 3 is 2.90 bits per heavy atom. The fourth-order valence-corrected chi connectivity index (χ4v) is 1.83. The minimum absolute atomic E-state index is 0.0900. The second-order valence-electron chi connectivity index (χ2n) is 4.05. The second-order valence-corrected chi connectivity index (χ2v) is 4.46. The normalized spacial score (nSPS) is 11.0. The highest BCUT2D eigenvalue weighted by atomic mass is 35.5. The van der Waals surface area contributed by atoms with Crippen LogP contribution in [0, 0.1) is 0 Å². The molecule has 0 radical (unpaired) electrons. The van der Waals surface area contributed by atoms with Gasteiger partial charge in [0, 0.05) is 5.56 Å². The van der Waals surface area contributed by atoms with Gasteiger partial charge in [-0.1, -0.05) is 28.4 Å². The third-order valence-electron chi connectivity index (χ3n) is 2.50. The largest absolute Gasteiger partial charge is 0.493 e. The Bertz CT molecular complexity index is 643. The van der Waals surface area contributed by atoms with Crippen LogP contribution in [-0.2, 0) is 0 Å². The highest BCUT2D eigenvalue weighted by Crippen LogP contribution is 2.36. The summed E-state index contributed by atoms with van der Waals surface area (Å²) in [5, 5.41) is 15.0. The highest BCUT2D eigenvalue weighted by Gasteiger charge is 2.11. The van der Waals surface area contributed by atoms with Crippen LogP contribution in [0.5, 0.6) is 11.5 Å². The molecule has 0 fully saturated rings. The summed E-state index contributed by atoms with van der Waals surface area (Å²) < 4.78 is 10.9. The molecule has 9 heteroatoms. The monoisotopic (exact) mass is 310 g/mol. The van der Waals surface area contributed by atoms with E-state index in [0.717, 1.165) is 11.2 Å². The zero-order valence-corrected chi connectivity index (χ0v) is 12.4. The molecule has 2 aromatic rings. The molecular formula is C12H15ClN6O2. The van der Waals surface area contributed by atoms with Crippen molar-refractivity contribution < 1.29 is 9.47 Å². The number of hydrogen-bond donors (Lipinski definition) is 1. The smallest absolute Gasteiger partial charge is 0.263 e. The van der Waals surface area contributed by atoms with Gasteiger partial charge >= 0.3 is 0 Å². The molecule has 2 rings (SSSR count). The van der Waals surface area contributed by atoms with Crippen LogP contribution in [0.3, 0.4) is 0 Å². The second kappa shape index (κ2) is 6.89. The molecule has 1 heterocycles. The van der Waals surface area contributed by atoms with Crippen molar-refractivity contribution >= 4 is 23.8 Å². The third-order valence-corrected chi connectivity index (χ3v) is 2.78. The minimum Gasteiger partial charge on any atom is -0.493 e. The molecule has 1 aromatic carbocycles. The number of ether oxygens (including phenoxy) is 2. The van der Waals surface area contributed by atoms with Gasteiger partial charge in [0.2, 0.25) is 0 Å². The lowest BCUT2D eigenvalue weighted by atomic mass is 10.2. The lowest BCUT2D eigenvalue weighted by Crippen LogP contribution is -2.01. The maximum absolute atomic E-state index is 6.20. The molecule has 0 spiro atoms. The molecule has 0 saturated carbocycles. The van der Waals surface area contributed by atoms with Gasteiger partial charge in [0.25, 0.3) is 5.95 Å². The Kier molecular flexibility index (Phi) is 4.94. The Morgan fingerprint density at radius 2 is 2.29 bits per heavy atom. The van der Waals surface area contributed by atoms with E-state index in [1.54, 1.807) is 19.2 Å². The van der Waals surface area contributed by atoms with Crippen LogP contribution in [0.1, 0.15) is 18.9 Å². The van der Waals surface area contributed by atoms with Gasteiger partial charge in [-0.3, -0.25) is 0 Å². The zero-order chi connectivity index (χ0) is 15.2. The molecule has 1 aromatic heterocycles. The van der Waals surface area contributed by atoms with Crippen molar-refractivity contribution in [3.8, 4) is 11.5 Å². The van der Waals surface area contributed by atoms with E-state index in [-0.39, 0.29) is 5.95 Å². The first-order valence-electron chi connectivity index (χ1n) is 6.24. The van der Waals surface area contributed by atoms with Crippen molar-refractivity contribution in [2.24, 2.45) is 5.10 Å². The molecule has 0 amide bonds. The van der Waals surface area contributed by atoms with Gasteiger partial charge in [-0.05, 0) is 29.0 Å². The van der Waals surface area contributed by atoms with E-state index in [2.05, 4.69) is 20.6 Å². The van der Waals surface area contributed by atoms with Crippen molar-refractivity contribution in [3.63, 3.8) is 0 Å². The first-order chi connectivity index (χ1) is 10.2. The summed E-state index contributed by atoms with van der Waals surface area (Å²) in [5.41, 5.74) is 6.22. The van der Waals surface area contributed by atoms with Crippen molar-refractivity contribution in [1.82, 2.24) is 20.3 Å². The summed E-state index contributed by atoms with van der Waals surface area (Å²) in [6.07, 6.45) is 2.39. The summed E-state index contributed by atoms with van der Waals surface area (Å²) in [7, 11) is 1.55. The lowest BCUT2D eigenvalue weighted by molar-refractivity contribution is 0.294. The average Bonchev–Trinajstić information content (AvgIpc) is 2.88. The molecule has 21 heavy (non-hydrogen) atoms. The predicted octanol–water partition coefficient (Wildman–Crippen LogP) is 1.59. The van der Waals surface area contributed by atoms with Crippen molar-refractivity contribution in [1.29, 1.82) is 0 Å². The quantitative estimate of drug-likeness (QED) is 0.813. The fourth-order valence-electron chi connectivity index (χ4n) is 1.55.